The Hall–Kier alpha value is -0.600. The summed E-state index contributed by atoms with van der Waals surface area (Å²) in [7, 11) is 0. The van der Waals surface area contributed by atoms with Gasteiger partial charge in [0.2, 0.25) is 0 Å². The van der Waals surface area contributed by atoms with E-state index in [9.17, 15) is 4.39 Å². The number of halogens is 2. The van der Waals surface area contributed by atoms with Crippen LogP contribution < -0.4 is 5.32 Å². The number of nitrogens with one attached hydrogen (secondary N) is 1. The second-order valence-electron chi connectivity index (χ2n) is 6.26. The van der Waals surface area contributed by atoms with Gasteiger partial charge in [-0.15, -0.1) is 0 Å². The summed E-state index contributed by atoms with van der Waals surface area (Å²) in [6, 6.07) is 4.89. The van der Waals surface area contributed by atoms with E-state index in [0.29, 0.717) is 5.02 Å². The van der Waals surface area contributed by atoms with Gasteiger partial charge in [-0.1, -0.05) is 31.5 Å². The Labute approximate surface area is 126 Å². The summed E-state index contributed by atoms with van der Waals surface area (Å²) in [6.07, 6.45) is 5.85. The van der Waals surface area contributed by atoms with Gasteiger partial charge in [-0.25, -0.2) is 4.39 Å². The van der Waals surface area contributed by atoms with Gasteiger partial charge in [-0.2, -0.15) is 0 Å². The quantitative estimate of drug-likeness (QED) is 0.760. The SMILES string of the molecule is CCCNCC1(c2ccc(F)cc2Cl)CCC(C)CC1. The number of benzene rings is 1. The highest BCUT2D eigenvalue weighted by Crippen LogP contribution is 2.43. The molecule has 1 aliphatic rings. The van der Waals surface area contributed by atoms with Crippen LogP contribution in [0.5, 0.6) is 0 Å². The van der Waals surface area contributed by atoms with Crippen molar-refractivity contribution >= 4 is 11.6 Å². The van der Waals surface area contributed by atoms with Crippen LogP contribution in [0.4, 0.5) is 4.39 Å². The first-order valence-corrected chi connectivity index (χ1v) is 8.11. The molecule has 2 rings (SSSR count). The van der Waals surface area contributed by atoms with Gasteiger partial charge in [0.05, 0.1) is 0 Å². The van der Waals surface area contributed by atoms with Gasteiger partial charge in [0.25, 0.3) is 0 Å². The van der Waals surface area contributed by atoms with Crippen LogP contribution in [0.2, 0.25) is 5.02 Å². The lowest BCUT2D eigenvalue weighted by Crippen LogP contribution is -2.41. The van der Waals surface area contributed by atoms with Crippen molar-refractivity contribution in [3.05, 3.63) is 34.6 Å². The van der Waals surface area contributed by atoms with Crippen molar-refractivity contribution in [2.75, 3.05) is 13.1 Å². The van der Waals surface area contributed by atoms with Crippen molar-refractivity contribution in [2.24, 2.45) is 5.92 Å². The lowest BCUT2D eigenvalue weighted by molar-refractivity contribution is 0.234. The van der Waals surface area contributed by atoms with Crippen LogP contribution in [0, 0.1) is 11.7 Å². The molecule has 1 aliphatic carbocycles. The third kappa shape index (κ3) is 3.53. The first-order valence-electron chi connectivity index (χ1n) is 7.73. The van der Waals surface area contributed by atoms with Crippen LogP contribution in [0.1, 0.15) is 51.5 Å². The second-order valence-corrected chi connectivity index (χ2v) is 6.67. The zero-order chi connectivity index (χ0) is 14.6. The molecule has 0 aliphatic heterocycles. The third-order valence-corrected chi connectivity index (χ3v) is 4.94. The van der Waals surface area contributed by atoms with Gasteiger partial charge < -0.3 is 5.32 Å². The zero-order valence-electron chi connectivity index (χ0n) is 12.5. The van der Waals surface area contributed by atoms with E-state index in [0.717, 1.165) is 43.8 Å². The Balaban J connectivity index is 2.25. The van der Waals surface area contributed by atoms with Crippen molar-refractivity contribution < 1.29 is 4.39 Å². The molecule has 20 heavy (non-hydrogen) atoms. The Morgan fingerprint density at radius 1 is 1.35 bits per heavy atom. The van der Waals surface area contributed by atoms with E-state index in [1.54, 1.807) is 6.07 Å². The van der Waals surface area contributed by atoms with Gasteiger partial charge >= 0.3 is 0 Å². The largest absolute Gasteiger partial charge is 0.316 e. The van der Waals surface area contributed by atoms with Crippen molar-refractivity contribution in [3.8, 4) is 0 Å². The maximum atomic E-state index is 13.3. The highest BCUT2D eigenvalue weighted by Gasteiger charge is 2.36. The van der Waals surface area contributed by atoms with E-state index in [-0.39, 0.29) is 11.2 Å². The average molecular weight is 298 g/mol. The molecular weight excluding hydrogens is 273 g/mol. The van der Waals surface area contributed by atoms with E-state index >= 15 is 0 Å². The van der Waals surface area contributed by atoms with Crippen LogP contribution in [0.15, 0.2) is 18.2 Å². The summed E-state index contributed by atoms with van der Waals surface area (Å²) in [5.74, 6) is 0.535. The molecule has 1 nitrogen and oxygen atoms in total. The van der Waals surface area contributed by atoms with E-state index in [1.807, 2.05) is 6.07 Å². The molecule has 1 saturated carbocycles. The van der Waals surface area contributed by atoms with E-state index in [4.69, 9.17) is 11.6 Å². The molecular formula is C17H25ClFN. The smallest absolute Gasteiger partial charge is 0.124 e. The topological polar surface area (TPSA) is 12.0 Å². The minimum atomic E-state index is -0.250. The van der Waals surface area contributed by atoms with Gasteiger partial charge in [0.15, 0.2) is 0 Å². The maximum absolute atomic E-state index is 13.3. The number of hydrogen-bond donors (Lipinski definition) is 1. The monoisotopic (exact) mass is 297 g/mol. The molecule has 0 radical (unpaired) electrons. The molecule has 0 bridgehead atoms. The Kier molecular flexibility index (Phi) is 5.45. The van der Waals surface area contributed by atoms with Crippen LogP contribution in [-0.4, -0.2) is 13.1 Å². The Morgan fingerprint density at radius 3 is 2.65 bits per heavy atom. The lowest BCUT2D eigenvalue weighted by atomic mass is 9.67. The van der Waals surface area contributed by atoms with Crippen LogP contribution >= 0.6 is 11.6 Å². The van der Waals surface area contributed by atoms with Gasteiger partial charge in [0.1, 0.15) is 5.82 Å². The molecule has 112 valence electrons. The van der Waals surface area contributed by atoms with Crippen LogP contribution in [0.3, 0.4) is 0 Å². The summed E-state index contributed by atoms with van der Waals surface area (Å²) in [5.41, 5.74) is 1.20. The highest BCUT2D eigenvalue weighted by molar-refractivity contribution is 6.31. The molecule has 0 saturated heterocycles. The van der Waals surface area contributed by atoms with Crippen molar-refractivity contribution in [3.63, 3.8) is 0 Å². The summed E-state index contributed by atoms with van der Waals surface area (Å²) >= 11 is 6.33. The van der Waals surface area contributed by atoms with Crippen LogP contribution in [0.25, 0.3) is 0 Å². The van der Waals surface area contributed by atoms with Gasteiger partial charge in [-0.05, 0) is 62.3 Å². The fourth-order valence-corrected chi connectivity index (χ4v) is 3.65. The van der Waals surface area contributed by atoms with Crippen molar-refractivity contribution in [1.82, 2.24) is 5.32 Å². The normalized spacial score (nSPS) is 26.7. The summed E-state index contributed by atoms with van der Waals surface area (Å²) in [6.45, 7) is 6.46. The van der Waals surface area contributed by atoms with E-state index in [1.165, 1.54) is 18.9 Å². The standard InChI is InChI=1S/C17H25ClFN/c1-3-10-20-12-17(8-6-13(2)7-9-17)15-5-4-14(19)11-16(15)18/h4-5,11,13,20H,3,6-10,12H2,1-2H3. The minimum Gasteiger partial charge on any atom is -0.316 e. The number of rotatable bonds is 5. The fourth-order valence-electron chi connectivity index (χ4n) is 3.28. The number of hydrogen-bond acceptors (Lipinski definition) is 1. The maximum Gasteiger partial charge on any atom is 0.124 e. The third-order valence-electron chi connectivity index (χ3n) is 4.62. The summed E-state index contributed by atoms with van der Waals surface area (Å²) in [5, 5.41) is 4.13. The summed E-state index contributed by atoms with van der Waals surface area (Å²) < 4.78 is 13.3. The predicted octanol–water partition coefficient (Wildman–Crippen LogP) is 4.93. The fraction of sp³-hybridized carbons (Fsp3) is 0.647. The molecule has 0 aromatic heterocycles. The Bertz CT molecular complexity index is 439. The van der Waals surface area contributed by atoms with Gasteiger partial charge in [0, 0.05) is 17.0 Å². The molecule has 0 heterocycles. The molecule has 3 heteroatoms. The molecule has 1 N–H and O–H groups in total. The second kappa shape index (κ2) is 6.91. The molecule has 1 fully saturated rings. The molecule has 0 atom stereocenters. The van der Waals surface area contributed by atoms with E-state index in [2.05, 4.69) is 19.2 Å². The first kappa shape index (κ1) is 15.8. The van der Waals surface area contributed by atoms with E-state index < -0.39 is 0 Å². The highest BCUT2D eigenvalue weighted by atomic mass is 35.5. The minimum absolute atomic E-state index is 0.0759. The molecule has 1 aromatic carbocycles. The molecule has 0 amide bonds. The molecule has 0 unspecified atom stereocenters. The molecule has 0 spiro atoms. The van der Waals surface area contributed by atoms with Crippen molar-refractivity contribution in [2.45, 2.75) is 51.4 Å². The summed E-state index contributed by atoms with van der Waals surface area (Å²) in [4.78, 5) is 0. The predicted molar refractivity (Wildman–Crippen MR) is 83.9 cm³/mol. The van der Waals surface area contributed by atoms with Crippen LogP contribution in [-0.2, 0) is 5.41 Å². The van der Waals surface area contributed by atoms with Crippen molar-refractivity contribution in [1.29, 1.82) is 0 Å². The van der Waals surface area contributed by atoms with Gasteiger partial charge in [-0.3, -0.25) is 0 Å². The lowest BCUT2D eigenvalue weighted by Gasteiger charge is -2.41. The average Bonchev–Trinajstić information content (AvgIpc) is 2.42. The Morgan fingerprint density at radius 2 is 2.05 bits per heavy atom. The molecule has 1 aromatic rings. The zero-order valence-corrected chi connectivity index (χ0v) is 13.3. The first-order chi connectivity index (χ1) is 9.57.